The molecule has 4 rings (SSSR count). The Morgan fingerprint density at radius 1 is 1.13 bits per heavy atom. The molecule has 30 heavy (non-hydrogen) atoms. The monoisotopic (exact) mass is 403 g/mol. The van der Waals surface area contributed by atoms with Gasteiger partial charge in [-0.25, -0.2) is 4.79 Å². The van der Waals surface area contributed by atoms with E-state index in [1.54, 1.807) is 10.9 Å². The highest BCUT2D eigenvalue weighted by atomic mass is 16.5. The van der Waals surface area contributed by atoms with Gasteiger partial charge in [0.25, 0.3) is 0 Å². The summed E-state index contributed by atoms with van der Waals surface area (Å²) in [4.78, 5) is 12.3. The zero-order valence-electron chi connectivity index (χ0n) is 17.6. The number of anilines is 1. The molecule has 0 fully saturated rings. The zero-order chi connectivity index (χ0) is 21.3. The van der Waals surface area contributed by atoms with E-state index >= 15 is 0 Å². The molecule has 7 nitrogen and oxygen atoms in total. The second kappa shape index (κ2) is 8.02. The van der Waals surface area contributed by atoms with Crippen molar-refractivity contribution in [2.45, 2.75) is 33.9 Å². The molecular weight excluding hydrogens is 378 g/mol. The molecule has 1 N–H and O–H groups in total. The van der Waals surface area contributed by atoms with E-state index in [0.29, 0.717) is 12.2 Å². The lowest BCUT2D eigenvalue weighted by Crippen LogP contribution is -2.15. The quantitative estimate of drug-likeness (QED) is 0.518. The average molecular weight is 403 g/mol. The molecule has 1 amide bonds. The lowest BCUT2D eigenvalue weighted by molar-refractivity contribution is 0.151. The fraction of sp³-hybridized carbons (Fsp3) is 0.261. The van der Waals surface area contributed by atoms with Crippen LogP contribution in [0.25, 0.3) is 22.2 Å². The fourth-order valence-corrected chi connectivity index (χ4v) is 3.61. The maximum atomic E-state index is 12.3. The molecule has 0 saturated carbocycles. The number of nitrogens with one attached hydrogen (secondary N) is 1. The number of rotatable bonds is 5. The summed E-state index contributed by atoms with van der Waals surface area (Å²) >= 11 is 0. The fourth-order valence-electron chi connectivity index (χ4n) is 3.61. The number of benzene rings is 2. The Kier molecular flexibility index (Phi) is 5.27. The molecule has 2 heterocycles. The third kappa shape index (κ3) is 3.91. The lowest BCUT2D eigenvalue weighted by Gasteiger charge is -2.08. The number of amides is 1. The second-order valence-corrected chi connectivity index (χ2v) is 7.40. The van der Waals surface area contributed by atoms with Crippen molar-refractivity contribution < 1.29 is 9.53 Å². The normalized spacial score (nSPS) is 11.1. The van der Waals surface area contributed by atoms with Crippen LogP contribution in [0.2, 0.25) is 0 Å². The molecular formula is C23H25N5O2. The van der Waals surface area contributed by atoms with Crippen LogP contribution in [-0.4, -0.2) is 25.7 Å². The van der Waals surface area contributed by atoms with Crippen molar-refractivity contribution in [3.8, 4) is 11.3 Å². The maximum absolute atomic E-state index is 12.3. The lowest BCUT2D eigenvalue weighted by atomic mass is 10.0. The number of aromatic nitrogens is 4. The second-order valence-electron chi connectivity index (χ2n) is 7.40. The van der Waals surface area contributed by atoms with E-state index < -0.39 is 6.09 Å². The Balaban J connectivity index is 1.45. The van der Waals surface area contributed by atoms with Gasteiger partial charge in [-0.2, -0.15) is 10.2 Å². The third-order valence-corrected chi connectivity index (χ3v) is 5.16. The van der Waals surface area contributed by atoms with Gasteiger partial charge in [0.1, 0.15) is 6.61 Å². The van der Waals surface area contributed by atoms with E-state index in [0.717, 1.165) is 27.9 Å². The molecule has 2 aromatic carbocycles. The van der Waals surface area contributed by atoms with Crippen LogP contribution in [0, 0.1) is 13.8 Å². The Labute approximate surface area is 175 Å². The highest BCUT2D eigenvalue weighted by Crippen LogP contribution is 2.24. The zero-order valence-corrected chi connectivity index (χ0v) is 17.6. The molecule has 0 aliphatic carbocycles. The first-order chi connectivity index (χ1) is 14.4. The average Bonchev–Trinajstić information content (AvgIpc) is 3.29. The molecule has 0 saturated heterocycles. The van der Waals surface area contributed by atoms with Crippen molar-refractivity contribution in [3.05, 3.63) is 65.5 Å². The van der Waals surface area contributed by atoms with Crippen molar-refractivity contribution in [2.24, 2.45) is 7.05 Å². The summed E-state index contributed by atoms with van der Waals surface area (Å²) in [6.07, 6.45) is 1.26. The largest absolute Gasteiger partial charge is 0.443 e. The van der Waals surface area contributed by atoms with E-state index in [1.165, 1.54) is 11.1 Å². The molecule has 0 radical (unpaired) electrons. The number of hydrogen-bond donors (Lipinski definition) is 1. The van der Waals surface area contributed by atoms with Crippen molar-refractivity contribution >= 4 is 22.7 Å². The van der Waals surface area contributed by atoms with E-state index in [1.807, 2.05) is 42.9 Å². The summed E-state index contributed by atoms with van der Waals surface area (Å²) in [5.74, 6) is 0. The van der Waals surface area contributed by atoms with Gasteiger partial charge in [0.15, 0.2) is 0 Å². The minimum Gasteiger partial charge on any atom is -0.443 e. The van der Waals surface area contributed by atoms with E-state index in [2.05, 4.69) is 47.6 Å². The van der Waals surface area contributed by atoms with Gasteiger partial charge in [-0.3, -0.25) is 14.7 Å². The van der Waals surface area contributed by atoms with E-state index in [4.69, 9.17) is 4.74 Å². The number of nitrogens with zero attached hydrogens (tertiary/aromatic N) is 4. The third-order valence-electron chi connectivity index (χ3n) is 5.16. The summed E-state index contributed by atoms with van der Waals surface area (Å²) in [7, 11) is 1.88. The smallest absolute Gasteiger partial charge is 0.412 e. The first-order valence-electron chi connectivity index (χ1n) is 9.94. The van der Waals surface area contributed by atoms with Crippen LogP contribution in [0.15, 0.2) is 48.7 Å². The minimum absolute atomic E-state index is 0.146. The Bertz CT molecular complexity index is 1220. The highest BCUT2D eigenvalue weighted by molar-refractivity contribution is 5.89. The predicted molar refractivity (Wildman–Crippen MR) is 117 cm³/mol. The van der Waals surface area contributed by atoms with Crippen LogP contribution in [0.5, 0.6) is 0 Å². The van der Waals surface area contributed by atoms with Gasteiger partial charge >= 0.3 is 6.09 Å². The summed E-state index contributed by atoms with van der Waals surface area (Å²) in [5, 5.41) is 12.6. The summed E-state index contributed by atoms with van der Waals surface area (Å²) in [5.41, 5.74) is 6.88. The standard InChI is InChI=1S/C23H25N5O2/c1-5-28-19(12-21(26-28)20-8-6-15(2)10-16(20)3)14-30-23(29)25-18-7-9-22-17(11-18)13-24-27(22)4/h6-13H,5,14H2,1-4H3,(H,25,29). The first kappa shape index (κ1) is 19.7. The van der Waals surface area contributed by atoms with Crippen LogP contribution >= 0.6 is 0 Å². The number of ether oxygens (including phenoxy) is 1. The number of aryl methyl sites for hydroxylation is 4. The van der Waals surface area contributed by atoms with Crippen molar-refractivity contribution in [2.75, 3.05) is 5.32 Å². The highest BCUT2D eigenvalue weighted by Gasteiger charge is 2.13. The number of hydrogen-bond acceptors (Lipinski definition) is 4. The van der Waals surface area contributed by atoms with Gasteiger partial charge in [0.05, 0.1) is 23.1 Å². The van der Waals surface area contributed by atoms with Crippen molar-refractivity contribution in [1.82, 2.24) is 19.6 Å². The Morgan fingerprint density at radius 3 is 2.73 bits per heavy atom. The van der Waals surface area contributed by atoms with Gasteiger partial charge in [-0.1, -0.05) is 23.8 Å². The molecule has 0 aliphatic heterocycles. The Morgan fingerprint density at radius 2 is 1.97 bits per heavy atom. The number of carbonyl (C=O) groups excluding carboxylic acids is 1. The van der Waals surface area contributed by atoms with Gasteiger partial charge in [0.2, 0.25) is 0 Å². The summed E-state index contributed by atoms with van der Waals surface area (Å²) in [6.45, 7) is 7.02. The van der Waals surface area contributed by atoms with Crippen molar-refractivity contribution in [3.63, 3.8) is 0 Å². The predicted octanol–water partition coefficient (Wildman–Crippen LogP) is 4.82. The van der Waals surface area contributed by atoms with Gasteiger partial charge in [-0.15, -0.1) is 0 Å². The Hall–Kier alpha value is -3.61. The molecule has 0 bridgehead atoms. The van der Waals surface area contributed by atoms with E-state index in [-0.39, 0.29) is 6.61 Å². The molecule has 0 aliphatic rings. The summed E-state index contributed by atoms with van der Waals surface area (Å²) in [6, 6.07) is 13.9. The minimum atomic E-state index is -0.504. The van der Waals surface area contributed by atoms with Gasteiger partial charge in [0, 0.05) is 30.2 Å². The SMILES string of the molecule is CCn1nc(-c2ccc(C)cc2C)cc1COC(=O)Nc1ccc2c(cnn2C)c1. The van der Waals surface area contributed by atoms with Gasteiger partial charge < -0.3 is 4.74 Å². The van der Waals surface area contributed by atoms with Gasteiger partial charge in [-0.05, 0) is 50.6 Å². The number of fused-ring (bicyclic) bond motifs is 1. The van der Waals surface area contributed by atoms with E-state index in [9.17, 15) is 4.79 Å². The number of carbonyl (C=O) groups is 1. The first-order valence-corrected chi connectivity index (χ1v) is 9.94. The topological polar surface area (TPSA) is 74.0 Å². The molecule has 0 atom stereocenters. The molecule has 0 unspecified atom stereocenters. The van der Waals surface area contributed by atoms with Crippen LogP contribution in [0.1, 0.15) is 23.7 Å². The van der Waals surface area contributed by atoms with Crippen molar-refractivity contribution in [1.29, 1.82) is 0 Å². The molecule has 154 valence electrons. The molecule has 7 heteroatoms. The van der Waals surface area contributed by atoms with Crippen LogP contribution in [0.4, 0.5) is 10.5 Å². The summed E-state index contributed by atoms with van der Waals surface area (Å²) < 4.78 is 9.11. The molecule has 2 aromatic heterocycles. The van der Waals surface area contributed by atoms with Crippen LogP contribution in [-0.2, 0) is 24.9 Å². The molecule has 0 spiro atoms. The van der Waals surface area contributed by atoms with Crippen LogP contribution < -0.4 is 5.32 Å². The van der Waals surface area contributed by atoms with Crippen LogP contribution in [0.3, 0.4) is 0 Å². The maximum Gasteiger partial charge on any atom is 0.412 e. The molecule has 4 aromatic rings.